The molecule has 5 heteroatoms. The molecule has 2 fully saturated rings. The number of nitrogens with zero attached hydrogens (tertiary/aromatic N) is 1. The first-order valence-electron chi connectivity index (χ1n) is 8.45. The molecule has 1 amide bonds. The number of aliphatic hydroxyl groups excluding tert-OH is 1. The van der Waals surface area contributed by atoms with Crippen LogP contribution in [0.5, 0.6) is 0 Å². The van der Waals surface area contributed by atoms with Crippen molar-refractivity contribution in [3.05, 3.63) is 0 Å². The predicted octanol–water partition coefficient (Wildman–Crippen LogP) is 1.30. The summed E-state index contributed by atoms with van der Waals surface area (Å²) in [5.74, 6) is 0.0525. The summed E-state index contributed by atoms with van der Waals surface area (Å²) < 4.78 is 5.52. The monoisotopic (exact) mass is 298 g/mol. The van der Waals surface area contributed by atoms with E-state index in [1.165, 1.54) is 19.3 Å². The number of carbonyl (C=O) groups is 1. The van der Waals surface area contributed by atoms with Crippen molar-refractivity contribution in [1.29, 1.82) is 0 Å². The Balaban J connectivity index is 1.77. The highest BCUT2D eigenvalue weighted by molar-refractivity contribution is 5.78. The fraction of sp³-hybridized carbons (Fsp3) is 0.938. The number of nitrogens with one attached hydrogen (secondary N) is 1. The van der Waals surface area contributed by atoms with Gasteiger partial charge < -0.3 is 15.2 Å². The van der Waals surface area contributed by atoms with Gasteiger partial charge in [0.05, 0.1) is 18.8 Å². The lowest BCUT2D eigenvalue weighted by molar-refractivity contribution is -0.123. The van der Waals surface area contributed by atoms with Crippen molar-refractivity contribution in [3.63, 3.8) is 0 Å². The third-order valence-electron chi connectivity index (χ3n) is 4.49. The standard InChI is InChI=1S/C16H30N2O3/c1-13(19)11-18(14-6-3-2-4-7-14)12-16(20)17-10-15-8-5-9-21-15/h13-15,19H,2-12H2,1H3,(H,17,20). The Hall–Kier alpha value is -0.650. The van der Waals surface area contributed by atoms with Crippen molar-refractivity contribution in [2.45, 2.75) is 70.1 Å². The lowest BCUT2D eigenvalue weighted by atomic mass is 9.94. The van der Waals surface area contributed by atoms with E-state index in [1.807, 2.05) is 0 Å². The minimum Gasteiger partial charge on any atom is -0.392 e. The molecule has 0 radical (unpaired) electrons. The molecule has 0 aromatic heterocycles. The third-order valence-corrected chi connectivity index (χ3v) is 4.49. The van der Waals surface area contributed by atoms with Crippen molar-refractivity contribution < 1.29 is 14.6 Å². The Morgan fingerprint density at radius 2 is 2.05 bits per heavy atom. The molecular formula is C16H30N2O3. The summed E-state index contributed by atoms with van der Waals surface area (Å²) in [6.07, 6.45) is 7.99. The van der Waals surface area contributed by atoms with E-state index in [2.05, 4.69) is 10.2 Å². The first kappa shape index (κ1) is 16.7. The molecule has 0 bridgehead atoms. The highest BCUT2D eigenvalue weighted by atomic mass is 16.5. The highest BCUT2D eigenvalue weighted by Crippen LogP contribution is 2.22. The topological polar surface area (TPSA) is 61.8 Å². The summed E-state index contributed by atoms with van der Waals surface area (Å²) in [5, 5.41) is 12.7. The lowest BCUT2D eigenvalue weighted by Crippen LogP contribution is -2.47. The number of carbonyl (C=O) groups excluding carboxylic acids is 1. The lowest BCUT2D eigenvalue weighted by Gasteiger charge is -2.34. The average Bonchev–Trinajstić information content (AvgIpc) is 2.98. The second-order valence-corrected chi connectivity index (χ2v) is 6.51. The van der Waals surface area contributed by atoms with Crippen LogP contribution < -0.4 is 5.32 Å². The molecule has 5 nitrogen and oxygen atoms in total. The smallest absolute Gasteiger partial charge is 0.234 e. The van der Waals surface area contributed by atoms with E-state index in [1.54, 1.807) is 6.92 Å². The highest BCUT2D eigenvalue weighted by Gasteiger charge is 2.24. The third kappa shape index (κ3) is 5.93. The molecule has 0 aromatic rings. The second kappa shape index (κ2) is 8.71. The molecule has 122 valence electrons. The van der Waals surface area contributed by atoms with Gasteiger partial charge in [0.1, 0.15) is 0 Å². The van der Waals surface area contributed by atoms with Crippen LogP contribution in [-0.4, -0.2) is 60.4 Å². The minimum absolute atomic E-state index is 0.0525. The zero-order valence-electron chi connectivity index (χ0n) is 13.2. The van der Waals surface area contributed by atoms with E-state index in [4.69, 9.17) is 4.74 Å². The number of amides is 1. The number of aliphatic hydroxyl groups is 1. The molecule has 1 aliphatic carbocycles. The Kier molecular flexibility index (Phi) is 6.93. The van der Waals surface area contributed by atoms with Gasteiger partial charge in [0.15, 0.2) is 0 Å². The molecule has 2 unspecified atom stereocenters. The molecule has 0 spiro atoms. The molecule has 1 saturated heterocycles. The van der Waals surface area contributed by atoms with E-state index in [0.29, 0.717) is 25.7 Å². The summed E-state index contributed by atoms with van der Waals surface area (Å²) >= 11 is 0. The molecule has 1 saturated carbocycles. The average molecular weight is 298 g/mol. The van der Waals surface area contributed by atoms with Crippen molar-refractivity contribution in [3.8, 4) is 0 Å². The molecule has 2 N–H and O–H groups in total. The van der Waals surface area contributed by atoms with Gasteiger partial charge in [0.2, 0.25) is 5.91 Å². The van der Waals surface area contributed by atoms with Crippen molar-refractivity contribution in [1.82, 2.24) is 10.2 Å². The molecule has 0 aromatic carbocycles. The molecular weight excluding hydrogens is 268 g/mol. The van der Waals surface area contributed by atoms with E-state index < -0.39 is 6.10 Å². The zero-order chi connectivity index (χ0) is 15.1. The van der Waals surface area contributed by atoms with Gasteiger partial charge in [0, 0.05) is 25.7 Å². The van der Waals surface area contributed by atoms with E-state index in [-0.39, 0.29) is 12.0 Å². The minimum atomic E-state index is -0.391. The SMILES string of the molecule is CC(O)CN(CC(=O)NCC1CCCO1)C1CCCCC1. The van der Waals surface area contributed by atoms with Gasteiger partial charge in [-0.05, 0) is 32.6 Å². The summed E-state index contributed by atoms with van der Waals surface area (Å²) in [6, 6.07) is 0.446. The molecule has 2 atom stereocenters. The molecule has 21 heavy (non-hydrogen) atoms. The quantitative estimate of drug-likeness (QED) is 0.744. The van der Waals surface area contributed by atoms with Crippen LogP contribution in [0.3, 0.4) is 0 Å². The number of hydrogen-bond donors (Lipinski definition) is 2. The van der Waals surface area contributed by atoms with Crippen LogP contribution in [0, 0.1) is 0 Å². The number of hydrogen-bond acceptors (Lipinski definition) is 4. The first-order chi connectivity index (χ1) is 10.1. The number of ether oxygens (including phenoxy) is 1. The van der Waals surface area contributed by atoms with Gasteiger partial charge >= 0.3 is 0 Å². The van der Waals surface area contributed by atoms with Gasteiger partial charge in [-0.1, -0.05) is 19.3 Å². The maximum Gasteiger partial charge on any atom is 0.234 e. The van der Waals surface area contributed by atoms with Crippen molar-refractivity contribution in [2.75, 3.05) is 26.2 Å². The largest absolute Gasteiger partial charge is 0.392 e. The summed E-state index contributed by atoms with van der Waals surface area (Å²) in [7, 11) is 0. The van der Waals surface area contributed by atoms with Crippen LogP contribution in [0.2, 0.25) is 0 Å². The van der Waals surface area contributed by atoms with E-state index in [9.17, 15) is 9.90 Å². The van der Waals surface area contributed by atoms with Crippen LogP contribution in [0.4, 0.5) is 0 Å². The van der Waals surface area contributed by atoms with E-state index >= 15 is 0 Å². The van der Waals surface area contributed by atoms with Gasteiger partial charge in [-0.2, -0.15) is 0 Å². The normalized spacial score (nSPS) is 25.2. The predicted molar refractivity (Wildman–Crippen MR) is 82.1 cm³/mol. The summed E-state index contributed by atoms with van der Waals surface area (Å²) in [5.41, 5.74) is 0. The summed E-state index contributed by atoms with van der Waals surface area (Å²) in [4.78, 5) is 14.3. The Bertz CT molecular complexity index is 311. The van der Waals surface area contributed by atoms with Gasteiger partial charge in [-0.15, -0.1) is 0 Å². The Labute approximate surface area is 128 Å². The van der Waals surface area contributed by atoms with Crippen LogP contribution in [-0.2, 0) is 9.53 Å². The summed E-state index contributed by atoms with van der Waals surface area (Å²) in [6.45, 7) is 4.20. The van der Waals surface area contributed by atoms with Crippen LogP contribution in [0.1, 0.15) is 51.9 Å². The van der Waals surface area contributed by atoms with Gasteiger partial charge in [-0.25, -0.2) is 0 Å². The van der Waals surface area contributed by atoms with Crippen LogP contribution in [0.15, 0.2) is 0 Å². The molecule has 2 rings (SSSR count). The Morgan fingerprint density at radius 1 is 1.29 bits per heavy atom. The fourth-order valence-electron chi connectivity index (χ4n) is 3.40. The molecule has 2 aliphatic rings. The van der Waals surface area contributed by atoms with Gasteiger partial charge in [-0.3, -0.25) is 9.69 Å². The zero-order valence-corrected chi connectivity index (χ0v) is 13.2. The maximum absolute atomic E-state index is 12.1. The molecule has 1 aliphatic heterocycles. The van der Waals surface area contributed by atoms with Crippen LogP contribution in [0.25, 0.3) is 0 Å². The first-order valence-corrected chi connectivity index (χ1v) is 8.45. The number of rotatable bonds is 7. The van der Waals surface area contributed by atoms with Crippen molar-refractivity contribution in [2.24, 2.45) is 0 Å². The van der Waals surface area contributed by atoms with Gasteiger partial charge in [0.25, 0.3) is 0 Å². The second-order valence-electron chi connectivity index (χ2n) is 6.51. The fourth-order valence-corrected chi connectivity index (χ4v) is 3.40. The van der Waals surface area contributed by atoms with Crippen LogP contribution >= 0.6 is 0 Å². The Morgan fingerprint density at radius 3 is 2.67 bits per heavy atom. The molecule has 1 heterocycles. The van der Waals surface area contributed by atoms with Crippen molar-refractivity contribution >= 4 is 5.91 Å². The van der Waals surface area contributed by atoms with E-state index in [0.717, 1.165) is 32.3 Å². The maximum atomic E-state index is 12.1.